The molecule has 0 spiro atoms. The Kier molecular flexibility index (Phi) is 4.55. The molecule has 4 rings (SSSR count). The molecule has 3 heterocycles. The number of carbonyl (C=O) groups excluding carboxylic acids is 1. The number of hydrogen-bond acceptors (Lipinski definition) is 2. The van der Waals surface area contributed by atoms with Gasteiger partial charge in [-0.15, -0.1) is 6.58 Å². The van der Waals surface area contributed by atoms with Crippen LogP contribution in [0.2, 0.25) is 0 Å². The van der Waals surface area contributed by atoms with Gasteiger partial charge in [0.1, 0.15) is 0 Å². The molecule has 134 valence electrons. The van der Waals surface area contributed by atoms with Crippen LogP contribution in [0, 0.1) is 11.8 Å². The van der Waals surface area contributed by atoms with Crippen molar-refractivity contribution in [3.8, 4) is 0 Å². The van der Waals surface area contributed by atoms with E-state index in [9.17, 15) is 4.79 Å². The van der Waals surface area contributed by atoms with E-state index in [1.165, 1.54) is 21.8 Å². The average molecular weight is 339 g/mol. The lowest BCUT2D eigenvalue weighted by Gasteiger charge is -2.32. The molecule has 25 heavy (non-hydrogen) atoms. The quantitative estimate of drug-likeness (QED) is 0.839. The summed E-state index contributed by atoms with van der Waals surface area (Å²) in [4.78, 5) is 15.1. The fourth-order valence-corrected chi connectivity index (χ4v) is 4.55. The number of amides is 1. The van der Waals surface area contributed by atoms with Crippen molar-refractivity contribution >= 4 is 18.1 Å². The molecule has 4 nitrogen and oxygen atoms in total. The van der Waals surface area contributed by atoms with Crippen LogP contribution >= 0.6 is 0 Å². The van der Waals surface area contributed by atoms with Crippen LogP contribution in [0.5, 0.6) is 0 Å². The van der Waals surface area contributed by atoms with E-state index in [-0.39, 0.29) is 5.92 Å². The number of fused-ring (bicyclic) bond motifs is 3. The molecule has 3 aliphatic rings. The summed E-state index contributed by atoms with van der Waals surface area (Å²) in [6.45, 7) is 10.9. The highest BCUT2D eigenvalue weighted by atomic mass is 16.2. The Morgan fingerprint density at radius 1 is 1.40 bits per heavy atom. The molecule has 0 aromatic carbocycles. The molecule has 2 aliphatic heterocycles. The van der Waals surface area contributed by atoms with Gasteiger partial charge in [0.25, 0.3) is 0 Å². The molecule has 0 saturated carbocycles. The molecule has 1 amide bonds. The van der Waals surface area contributed by atoms with E-state index in [2.05, 4.69) is 40.4 Å². The van der Waals surface area contributed by atoms with E-state index in [1.807, 2.05) is 6.08 Å². The zero-order valence-corrected chi connectivity index (χ0v) is 15.3. The van der Waals surface area contributed by atoms with Gasteiger partial charge in [-0.25, -0.2) is 0 Å². The Morgan fingerprint density at radius 2 is 2.20 bits per heavy atom. The minimum atomic E-state index is 0.00603. The second-order valence-corrected chi connectivity index (χ2v) is 7.77. The van der Waals surface area contributed by atoms with Crippen LogP contribution < -0.4 is 15.9 Å². The van der Waals surface area contributed by atoms with Gasteiger partial charge in [0.15, 0.2) is 0 Å². The third-order valence-electron chi connectivity index (χ3n) is 6.06. The summed E-state index contributed by atoms with van der Waals surface area (Å²) in [5.41, 5.74) is 2.82. The Labute approximate surface area is 149 Å². The van der Waals surface area contributed by atoms with E-state index in [1.54, 1.807) is 0 Å². The second kappa shape index (κ2) is 6.83. The molecule has 1 aromatic rings. The summed E-state index contributed by atoms with van der Waals surface area (Å²) in [7, 11) is 0. The summed E-state index contributed by atoms with van der Waals surface area (Å²) < 4.78 is 2.40. The number of aromatic nitrogens is 1. The highest BCUT2D eigenvalue weighted by Gasteiger charge is 2.28. The zero-order valence-electron chi connectivity index (χ0n) is 15.3. The van der Waals surface area contributed by atoms with E-state index in [0.29, 0.717) is 5.91 Å². The second-order valence-electron chi connectivity index (χ2n) is 7.77. The standard InChI is InChI=1S/C21H29N3O/c1-3-10-24-19-5-4-16(21(25)23-11-7-15(2)8-12-23)13-17(19)18-14-22-9-6-20(18)24/h3,5,13,15-16,22H,1,4,6-12,14H2,2H3. The van der Waals surface area contributed by atoms with Gasteiger partial charge in [-0.05, 0) is 30.7 Å². The lowest BCUT2D eigenvalue weighted by Crippen LogP contribution is -2.43. The molecule has 1 N–H and O–H groups in total. The van der Waals surface area contributed by atoms with Gasteiger partial charge < -0.3 is 14.8 Å². The molecule has 1 aromatic heterocycles. The van der Waals surface area contributed by atoms with Crippen molar-refractivity contribution in [2.45, 2.75) is 45.7 Å². The predicted molar refractivity (Wildman–Crippen MR) is 101 cm³/mol. The number of likely N-dealkylation sites (tertiary alicyclic amines) is 1. The summed E-state index contributed by atoms with van der Waals surface area (Å²) in [6, 6.07) is 0. The minimum absolute atomic E-state index is 0.00603. The SMILES string of the molecule is C=CCn1c2c(c3c1=CCC(C(=O)N1CCC(C)CC1)C=3)CNCC2. The van der Waals surface area contributed by atoms with Gasteiger partial charge >= 0.3 is 0 Å². The molecular formula is C21H29N3O. The van der Waals surface area contributed by atoms with E-state index in [4.69, 9.17) is 0 Å². The first-order valence-electron chi connectivity index (χ1n) is 9.71. The van der Waals surface area contributed by atoms with E-state index >= 15 is 0 Å². The number of piperidine rings is 1. The molecule has 4 heteroatoms. The number of nitrogens with one attached hydrogen (secondary N) is 1. The number of rotatable bonds is 3. The van der Waals surface area contributed by atoms with Crippen LogP contribution in [0.3, 0.4) is 0 Å². The van der Waals surface area contributed by atoms with Gasteiger partial charge in [0.05, 0.1) is 5.92 Å². The third-order valence-corrected chi connectivity index (χ3v) is 6.06. The molecule has 1 aliphatic carbocycles. The summed E-state index contributed by atoms with van der Waals surface area (Å²) in [5, 5.41) is 6.08. The average Bonchev–Trinajstić information content (AvgIpc) is 2.96. The predicted octanol–water partition coefficient (Wildman–Crippen LogP) is 1.16. The van der Waals surface area contributed by atoms with Crippen LogP contribution in [0.25, 0.3) is 12.2 Å². The maximum absolute atomic E-state index is 13.0. The molecule has 1 atom stereocenters. The van der Waals surface area contributed by atoms with Gasteiger partial charge in [0.2, 0.25) is 5.91 Å². The molecule has 1 unspecified atom stereocenters. The van der Waals surface area contributed by atoms with Crippen LogP contribution in [-0.4, -0.2) is 35.0 Å². The van der Waals surface area contributed by atoms with Gasteiger partial charge in [-0.2, -0.15) is 0 Å². The van der Waals surface area contributed by atoms with Crippen molar-refractivity contribution in [3.63, 3.8) is 0 Å². The van der Waals surface area contributed by atoms with Crippen LogP contribution in [0.1, 0.15) is 37.4 Å². The largest absolute Gasteiger partial charge is 0.342 e. The first kappa shape index (κ1) is 16.6. The maximum atomic E-state index is 13.0. The van der Waals surface area contributed by atoms with Crippen LogP contribution in [0.4, 0.5) is 0 Å². The zero-order chi connectivity index (χ0) is 17.4. The van der Waals surface area contributed by atoms with E-state index in [0.717, 1.165) is 64.3 Å². The number of hydrogen-bond donors (Lipinski definition) is 1. The highest BCUT2D eigenvalue weighted by molar-refractivity contribution is 5.85. The highest BCUT2D eigenvalue weighted by Crippen LogP contribution is 2.21. The Balaban J connectivity index is 1.67. The van der Waals surface area contributed by atoms with Crippen molar-refractivity contribution in [1.82, 2.24) is 14.8 Å². The maximum Gasteiger partial charge on any atom is 0.229 e. The molecule has 0 radical (unpaired) electrons. The van der Waals surface area contributed by atoms with Crippen LogP contribution in [0.15, 0.2) is 12.7 Å². The van der Waals surface area contributed by atoms with Gasteiger partial charge in [-0.1, -0.05) is 25.2 Å². The first-order chi connectivity index (χ1) is 12.2. The molecule has 1 fully saturated rings. The van der Waals surface area contributed by atoms with E-state index < -0.39 is 0 Å². The fourth-order valence-electron chi connectivity index (χ4n) is 4.55. The van der Waals surface area contributed by atoms with Gasteiger partial charge in [-0.3, -0.25) is 4.79 Å². The van der Waals surface area contributed by atoms with Crippen molar-refractivity contribution in [3.05, 3.63) is 34.5 Å². The number of carbonyl (C=O) groups is 1. The summed E-state index contributed by atoms with van der Waals surface area (Å²) in [6.07, 6.45) is 10.7. The minimum Gasteiger partial charge on any atom is -0.342 e. The summed E-state index contributed by atoms with van der Waals surface area (Å²) >= 11 is 0. The number of nitrogens with zero attached hydrogens (tertiary/aromatic N) is 2. The Bertz CT molecular complexity index is 796. The van der Waals surface area contributed by atoms with Crippen molar-refractivity contribution in [2.24, 2.45) is 11.8 Å². The van der Waals surface area contributed by atoms with Gasteiger partial charge in [0, 0.05) is 55.4 Å². The Hall–Kier alpha value is -1.81. The normalized spacial score (nSPS) is 23.2. The van der Waals surface area contributed by atoms with Crippen molar-refractivity contribution in [2.75, 3.05) is 19.6 Å². The molecule has 1 saturated heterocycles. The third kappa shape index (κ3) is 2.97. The monoisotopic (exact) mass is 339 g/mol. The van der Waals surface area contributed by atoms with Crippen LogP contribution in [-0.2, 0) is 24.3 Å². The lowest BCUT2D eigenvalue weighted by atomic mass is 9.93. The fraction of sp³-hybridized carbons (Fsp3) is 0.571. The van der Waals surface area contributed by atoms with Crippen molar-refractivity contribution < 1.29 is 4.79 Å². The smallest absolute Gasteiger partial charge is 0.229 e. The first-order valence-corrected chi connectivity index (χ1v) is 9.71. The topological polar surface area (TPSA) is 37.3 Å². The van der Waals surface area contributed by atoms with Crippen molar-refractivity contribution in [1.29, 1.82) is 0 Å². The molecule has 0 bridgehead atoms. The molecular weight excluding hydrogens is 310 g/mol. The Morgan fingerprint density at radius 3 is 2.96 bits per heavy atom. The summed E-state index contributed by atoms with van der Waals surface area (Å²) in [5.74, 6) is 1.08. The lowest BCUT2D eigenvalue weighted by molar-refractivity contribution is -0.134. The number of allylic oxidation sites excluding steroid dienone is 1.